The van der Waals surface area contributed by atoms with Crippen molar-refractivity contribution in [2.45, 2.75) is 45.6 Å². The Balaban J connectivity index is 1.91. The van der Waals surface area contributed by atoms with Gasteiger partial charge in [0.15, 0.2) is 0 Å². The van der Waals surface area contributed by atoms with Gasteiger partial charge in [0.2, 0.25) is 11.8 Å². The minimum absolute atomic E-state index is 0.0899. The molecule has 0 aliphatic heterocycles. The summed E-state index contributed by atoms with van der Waals surface area (Å²) in [7, 11) is -4.28. The summed E-state index contributed by atoms with van der Waals surface area (Å²) in [6.45, 7) is 10.9. The molecule has 33 heavy (non-hydrogen) atoms. The van der Waals surface area contributed by atoms with E-state index in [2.05, 4.69) is 16.6 Å². The Bertz CT molecular complexity index is 1170. The molecule has 2 N–H and O–H groups in total. The van der Waals surface area contributed by atoms with Crippen molar-refractivity contribution in [3.63, 3.8) is 0 Å². The Morgan fingerprint density at radius 1 is 1.18 bits per heavy atom. The van der Waals surface area contributed by atoms with Crippen LogP contribution in [-0.2, 0) is 26.2 Å². The molecule has 0 saturated heterocycles. The highest BCUT2D eigenvalue weighted by Gasteiger charge is 2.65. The topological polar surface area (TPSA) is 102 Å². The number of ether oxygens (including phenoxy) is 1. The van der Waals surface area contributed by atoms with E-state index in [0.29, 0.717) is 17.7 Å². The zero-order valence-corrected chi connectivity index (χ0v) is 20.2. The van der Waals surface area contributed by atoms with Gasteiger partial charge < -0.3 is 10.1 Å². The summed E-state index contributed by atoms with van der Waals surface area (Å²) >= 11 is 0. The molecule has 0 aromatic heterocycles. The molecule has 1 saturated carbocycles. The molecule has 0 radical (unpaired) electrons. The number of sulfonamides is 1. The quantitative estimate of drug-likeness (QED) is 0.561. The van der Waals surface area contributed by atoms with Crippen LogP contribution in [0.3, 0.4) is 0 Å². The lowest BCUT2D eigenvalue weighted by molar-refractivity contribution is -0.128. The van der Waals surface area contributed by atoms with E-state index in [1.165, 1.54) is 19.1 Å². The molecule has 2 amide bonds. The van der Waals surface area contributed by atoms with Gasteiger partial charge in [-0.25, -0.2) is 13.1 Å². The Labute approximate surface area is 195 Å². The molecule has 1 aliphatic rings. The molecule has 0 heterocycles. The Morgan fingerprint density at radius 3 is 2.39 bits per heavy atom. The molecular weight excluding hydrogens is 440 g/mol. The van der Waals surface area contributed by atoms with Crippen LogP contribution >= 0.6 is 0 Å². The average molecular weight is 471 g/mol. The number of hydrogen-bond acceptors (Lipinski definition) is 5. The number of allylic oxidation sites excluding steroid dienone is 1. The molecule has 2 atom stereocenters. The van der Waals surface area contributed by atoms with Gasteiger partial charge in [-0.1, -0.05) is 51.1 Å². The maximum atomic E-state index is 13.3. The SMILES string of the molecule is C=C[C@@H]1C[C@@]1(C(=O)NS(=O)(=O)c1cc(COc2ccccc2)ccc1NC(C)=O)C(C)(C)C. The summed E-state index contributed by atoms with van der Waals surface area (Å²) in [5.74, 6) is -0.462. The number of carbonyl (C=O) groups excluding carboxylic acids is 2. The van der Waals surface area contributed by atoms with Crippen LogP contribution in [0.25, 0.3) is 0 Å². The van der Waals surface area contributed by atoms with Crippen molar-refractivity contribution in [2.24, 2.45) is 16.7 Å². The highest BCUT2D eigenvalue weighted by Crippen LogP contribution is 2.64. The van der Waals surface area contributed by atoms with E-state index in [1.54, 1.807) is 24.3 Å². The summed E-state index contributed by atoms with van der Waals surface area (Å²) in [6.07, 6.45) is 2.23. The summed E-state index contributed by atoms with van der Waals surface area (Å²) in [5, 5.41) is 2.53. The smallest absolute Gasteiger partial charge is 0.266 e. The molecule has 1 fully saturated rings. The first-order valence-electron chi connectivity index (χ1n) is 10.7. The summed E-state index contributed by atoms with van der Waals surface area (Å²) < 4.78 is 34.6. The second kappa shape index (κ2) is 9.02. The van der Waals surface area contributed by atoms with Crippen LogP contribution in [0.1, 0.15) is 39.7 Å². The van der Waals surface area contributed by atoms with E-state index in [1.807, 2.05) is 39.0 Å². The van der Waals surface area contributed by atoms with Crippen LogP contribution in [0, 0.1) is 16.7 Å². The normalized spacial score (nSPS) is 19.9. The lowest BCUT2D eigenvalue weighted by Crippen LogP contribution is -2.43. The van der Waals surface area contributed by atoms with E-state index in [9.17, 15) is 18.0 Å². The lowest BCUT2D eigenvalue weighted by Gasteiger charge is -2.30. The lowest BCUT2D eigenvalue weighted by atomic mass is 9.75. The van der Waals surface area contributed by atoms with Gasteiger partial charge in [0.1, 0.15) is 17.3 Å². The molecule has 0 spiro atoms. The third-order valence-electron chi connectivity index (χ3n) is 6.06. The summed E-state index contributed by atoms with van der Waals surface area (Å²) in [6, 6.07) is 13.7. The van der Waals surface area contributed by atoms with Crippen molar-refractivity contribution < 1.29 is 22.7 Å². The number of carbonyl (C=O) groups is 2. The van der Waals surface area contributed by atoms with Crippen molar-refractivity contribution in [1.29, 1.82) is 0 Å². The fraction of sp³-hybridized carbons (Fsp3) is 0.360. The third kappa shape index (κ3) is 5.11. The Hall–Kier alpha value is -3.13. The Kier molecular flexibility index (Phi) is 6.70. The van der Waals surface area contributed by atoms with E-state index >= 15 is 0 Å². The third-order valence-corrected chi connectivity index (χ3v) is 7.44. The zero-order valence-electron chi connectivity index (χ0n) is 19.3. The van der Waals surface area contributed by atoms with Crippen LogP contribution in [0.4, 0.5) is 5.69 Å². The van der Waals surface area contributed by atoms with Crippen LogP contribution in [-0.4, -0.2) is 20.2 Å². The van der Waals surface area contributed by atoms with Crippen molar-refractivity contribution in [3.05, 3.63) is 66.7 Å². The first-order chi connectivity index (χ1) is 15.4. The van der Waals surface area contributed by atoms with Crippen molar-refractivity contribution in [2.75, 3.05) is 5.32 Å². The summed E-state index contributed by atoms with van der Waals surface area (Å²) in [5.41, 5.74) is -0.657. The predicted molar refractivity (Wildman–Crippen MR) is 127 cm³/mol. The number of benzene rings is 2. The Morgan fingerprint density at radius 2 is 1.85 bits per heavy atom. The fourth-order valence-corrected chi connectivity index (χ4v) is 5.41. The van der Waals surface area contributed by atoms with Gasteiger partial charge in [0, 0.05) is 6.92 Å². The highest BCUT2D eigenvalue weighted by molar-refractivity contribution is 7.90. The number of para-hydroxylation sites is 1. The maximum Gasteiger partial charge on any atom is 0.266 e. The van der Waals surface area contributed by atoms with Gasteiger partial charge in [-0.3, -0.25) is 9.59 Å². The van der Waals surface area contributed by atoms with E-state index in [-0.39, 0.29) is 23.1 Å². The molecule has 7 nitrogen and oxygen atoms in total. The number of nitrogens with one attached hydrogen (secondary N) is 2. The van der Waals surface area contributed by atoms with Crippen LogP contribution in [0.2, 0.25) is 0 Å². The van der Waals surface area contributed by atoms with E-state index < -0.39 is 32.7 Å². The molecule has 1 aliphatic carbocycles. The van der Waals surface area contributed by atoms with Gasteiger partial charge in [-0.05, 0) is 47.6 Å². The first-order valence-corrected chi connectivity index (χ1v) is 12.2. The van der Waals surface area contributed by atoms with Gasteiger partial charge in [0.25, 0.3) is 10.0 Å². The number of rotatable bonds is 8. The van der Waals surface area contributed by atoms with E-state index in [0.717, 1.165) is 0 Å². The van der Waals surface area contributed by atoms with Gasteiger partial charge in [-0.2, -0.15) is 0 Å². The minimum atomic E-state index is -4.28. The molecular formula is C25H30N2O5S. The number of anilines is 1. The largest absolute Gasteiger partial charge is 0.489 e. The highest BCUT2D eigenvalue weighted by atomic mass is 32.2. The molecule has 2 aromatic rings. The van der Waals surface area contributed by atoms with Crippen molar-refractivity contribution in [3.8, 4) is 5.75 Å². The second-order valence-corrected chi connectivity index (χ2v) is 11.0. The van der Waals surface area contributed by atoms with E-state index in [4.69, 9.17) is 4.74 Å². The second-order valence-electron chi connectivity index (χ2n) is 9.32. The molecule has 0 unspecified atom stereocenters. The minimum Gasteiger partial charge on any atom is -0.489 e. The van der Waals surface area contributed by atoms with Crippen LogP contribution < -0.4 is 14.8 Å². The molecule has 2 aromatic carbocycles. The van der Waals surface area contributed by atoms with Crippen LogP contribution in [0.15, 0.2) is 66.1 Å². The maximum absolute atomic E-state index is 13.3. The van der Waals surface area contributed by atoms with Crippen molar-refractivity contribution >= 4 is 27.5 Å². The van der Waals surface area contributed by atoms with Crippen LogP contribution in [0.5, 0.6) is 5.75 Å². The number of hydrogen-bond donors (Lipinski definition) is 2. The van der Waals surface area contributed by atoms with Gasteiger partial charge in [-0.15, -0.1) is 6.58 Å². The van der Waals surface area contributed by atoms with Crippen molar-refractivity contribution in [1.82, 2.24) is 4.72 Å². The molecule has 176 valence electrons. The molecule has 8 heteroatoms. The van der Waals surface area contributed by atoms with Gasteiger partial charge >= 0.3 is 0 Å². The summed E-state index contributed by atoms with van der Waals surface area (Å²) in [4.78, 5) is 24.7. The average Bonchev–Trinajstić information content (AvgIpc) is 3.49. The number of amides is 2. The zero-order chi connectivity index (χ0) is 24.4. The monoisotopic (exact) mass is 470 g/mol. The molecule has 3 rings (SSSR count). The fourth-order valence-electron chi connectivity index (χ4n) is 4.16. The molecule has 0 bridgehead atoms. The standard InChI is InChI=1S/C25H30N2O5S/c1-6-19-15-25(19,24(3,4)5)23(29)27-33(30,31)22-14-18(12-13-21(22)26-17(2)28)16-32-20-10-8-7-9-11-20/h6-14,19H,1,15-16H2,2-5H3,(H,26,28)(H,27,29)/t19-,25-/m1/s1. The first kappa shape index (κ1) is 24.5. The van der Waals surface area contributed by atoms with Gasteiger partial charge in [0.05, 0.1) is 11.1 Å². The predicted octanol–water partition coefficient (Wildman–Crippen LogP) is 4.27.